The number of benzene rings is 8. The third-order valence-electron chi connectivity index (χ3n) is 11.5. The topological polar surface area (TPSA) is 9.86 Å². The van der Waals surface area contributed by atoms with Gasteiger partial charge in [-0.2, -0.15) is 26.3 Å². The van der Waals surface area contributed by atoms with Crippen LogP contribution in [0.25, 0.3) is 55.0 Å². The highest BCUT2D eigenvalue weighted by molar-refractivity contribution is 6.10. The molecule has 2 heterocycles. The molecular formula is C51H32F6N2. The number of halogens is 6. The Labute approximate surface area is 334 Å². The zero-order chi connectivity index (χ0) is 40.5. The molecule has 288 valence electrons. The van der Waals surface area contributed by atoms with Gasteiger partial charge in [0.05, 0.1) is 38.6 Å². The lowest BCUT2D eigenvalue weighted by atomic mass is 9.65. The minimum Gasteiger partial charge on any atom is -0.309 e. The highest BCUT2D eigenvalue weighted by Crippen LogP contribution is 2.47. The van der Waals surface area contributed by atoms with Crippen LogP contribution in [0.2, 0.25) is 0 Å². The average molecular weight is 787 g/mol. The number of fused-ring (bicyclic) bond motifs is 6. The van der Waals surface area contributed by atoms with Gasteiger partial charge in [0, 0.05) is 32.9 Å². The second-order valence-electron chi connectivity index (χ2n) is 14.7. The fourth-order valence-corrected chi connectivity index (χ4v) is 8.95. The van der Waals surface area contributed by atoms with Crippen molar-refractivity contribution in [1.29, 1.82) is 0 Å². The number of aromatic nitrogens is 2. The second-order valence-corrected chi connectivity index (χ2v) is 14.7. The Balaban J connectivity index is 1.18. The molecule has 0 amide bonds. The van der Waals surface area contributed by atoms with E-state index in [2.05, 4.69) is 24.3 Å². The molecule has 59 heavy (non-hydrogen) atoms. The van der Waals surface area contributed by atoms with Crippen molar-refractivity contribution in [2.24, 2.45) is 0 Å². The average Bonchev–Trinajstić information content (AvgIpc) is 3.77. The van der Waals surface area contributed by atoms with Crippen molar-refractivity contribution in [2.45, 2.75) is 17.8 Å². The largest absolute Gasteiger partial charge is 0.416 e. The summed E-state index contributed by atoms with van der Waals surface area (Å²) in [6, 6.07) is 59.1. The van der Waals surface area contributed by atoms with E-state index in [1.807, 2.05) is 143 Å². The third-order valence-corrected chi connectivity index (χ3v) is 11.5. The van der Waals surface area contributed by atoms with Gasteiger partial charge in [0.2, 0.25) is 0 Å². The summed E-state index contributed by atoms with van der Waals surface area (Å²) < 4.78 is 87.9. The molecule has 2 nitrogen and oxygen atoms in total. The molecule has 2 aromatic heterocycles. The van der Waals surface area contributed by atoms with Crippen molar-refractivity contribution < 1.29 is 26.3 Å². The van der Waals surface area contributed by atoms with Crippen molar-refractivity contribution >= 4 is 43.6 Å². The Hall–Kier alpha value is -7.06. The van der Waals surface area contributed by atoms with E-state index in [1.54, 1.807) is 12.1 Å². The van der Waals surface area contributed by atoms with E-state index in [-0.39, 0.29) is 0 Å². The monoisotopic (exact) mass is 786 g/mol. The number of para-hydroxylation sites is 2. The minimum absolute atomic E-state index is 0.453. The SMILES string of the molecule is FC(F)(F)c1ccc2c3ccccc3n(-c3ccc(C(c4ccccc4)(c4ccccc4)c4ccc(-n5c6ccccc6c6ccc(C(F)(F)F)cc65)cc4)cc3)c2c1. The molecule has 8 aromatic carbocycles. The number of rotatable bonds is 6. The quantitative estimate of drug-likeness (QED) is 0.117. The van der Waals surface area contributed by atoms with Crippen molar-refractivity contribution in [1.82, 2.24) is 9.13 Å². The first-order chi connectivity index (χ1) is 28.5. The number of hydrogen-bond acceptors (Lipinski definition) is 0. The first kappa shape index (κ1) is 36.3. The van der Waals surface area contributed by atoms with E-state index >= 15 is 0 Å². The smallest absolute Gasteiger partial charge is 0.309 e. The molecular weight excluding hydrogens is 755 g/mol. The molecule has 0 radical (unpaired) electrons. The van der Waals surface area contributed by atoms with E-state index in [9.17, 15) is 26.3 Å². The Morgan fingerprint density at radius 2 is 0.576 bits per heavy atom. The lowest BCUT2D eigenvalue weighted by Gasteiger charge is -2.37. The predicted octanol–water partition coefficient (Wildman–Crippen LogP) is 14.3. The summed E-state index contributed by atoms with van der Waals surface area (Å²) in [5, 5.41) is 3.14. The second kappa shape index (κ2) is 13.5. The van der Waals surface area contributed by atoms with E-state index in [0.29, 0.717) is 22.4 Å². The molecule has 0 aliphatic heterocycles. The first-order valence-corrected chi connectivity index (χ1v) is 19.1. The number of alkyl halides is 6. The van der Waals surface area contributed by atoms with Gasteiger partial charge in [-0.15, -0.1) is 0 Å². The van der Waals surface area contributed by atoms with Crippen molar-refractivity contribution in [3.05, 3.63) is 228 Å². The summed E-state index contributed by atoms with van der Waals surface area (Å²) in [5.74, 6) is 0. The summed E-state index contributed by atoms with van der Waals surface area (Å²) in [7, 11) is 0. The van der Waals surface area contributed by atoms with Gasteiger partial charge in [-0.3, -0.25) is 0 Å². The van der Waals surface area contributed by atoms with Crippen LogP contribution in [0.15, 0.2) is 194 Å². The van der Waals surface area contributed by atoms with Crippen molar-refractivity contribution in [2.75, 3.05) is 0 Å². The Morgan fingerprint density at radius 3 is 0.949 bits per heavy atom. The highest BCUT2D eigenvalue weighted by atomic mass is 19.4. The van der Waals surface area contributed by atoms with Crippen molar-refractivity contribution in [3.8, 4) is 11.4 Å². The van der Waals surface area contributed by atoms with E-state index in [0.717, 1.165) is 67.0 Å². The standard InChI is InChI=1S/C51H32F6N2/c52-50(53,54)37-23-29-43-41-15-7-9-17-45(41)58(47(43)31-37)39-25-19-35(20-26-39)49(33-11-3-1-4-12-33,34-13-5-2-6-14-34)36-21-27-40(28-22-36)59-46-18-10-8-16-42(46)44-30-24-38(32-48(44)59)51(55,56)57/h1-32H. The lowest BCUT2D eigenvalue weighted by Crippen LogP contribution is -2.31. The van der Waals surface area contributed by atoms with Crippen LogP contribution in [0.3, 0.4) is 0 Å². The summed E-state index contributed by atoms with van der Waals surface area (Å²) >= 11 is 0. The zero-order valence-corrected chi connectivity index (χ0v) is 31.1. The van der Waals surface area contributed by atoms with E-state index in [4.69, 9.17) is 0 Å². The zero-order valence-electron chi connectivity index (χ0n) is 31.1. The Bertz CT molecular complexity index is 2940. The van der Waals surface area contributed by atoms with Gasteiger partial charge >= 0.3 is 12.4 Å². The van der Waals surface area contributed by atoms with Crippen LogP contribution in [0.4, 0.5) is 26.3 Å². The highest BCUT2D eigenvalue weighted by Gasteiger charge is 2.39. The molecule has 10 aromatic rings. The van der Waals surface area contributed by atoms with Crippen LogP contribution in [0, 0.1) is 0 Å². The third kappa shape index (κ3) is 5.81. The van der Waals surface area contributed by atoms with Gasteiger partial charge in [-0.1, -0.05) is 133 Å². The molecule has 0 saturated heterocycles. The minimum atomic E-state index is -4.51. The fraction of sp³-hybridized carbons (Fsp3) is 0.0588. The molecule has 0 atom stereocenters. The number of nitrogens with zero attached hydrogens (tertiary/aromatic N) is 2. The molecule has 0 fully saturated rings. The Kier molecular flexibility index (Phi) is 8.32. The maximum absolute atomic E-state index is 14.0. The normalized spacial score (nSPS) is 12.6. The van der Waals surface area contributed by atoms with Crippen LogP contribution in [-0.4, -0.2) is 9.13 Å². The maximum atomic E-state index is 14.0. The van der Waals surface area contributed by atoms with Crippen LogP contribution in [-0.2, 0) is 17.8 Å². The molecule has 0 N–H and O–H groups in total. The van der Waals surface area contributed by atoms with Gasteiger partial charge in [0.25, 0.3) is 0 Å². The molecule has 0 aliphatic rings. The number of hydrogen-bond donors (Lipinski definition) is 0. The molecule has 0 saturated carbocycles. The molecule has 10 rings (SSSR count). The fourth-order valence-electron chi connectivity index (χ4n) is 8.95. The van der Waals surface area contributed by atoms with Crippen LogP contribution in [0.5, 0.6) is 0 Å². The summed E-state index contributed by atoms with van der Waals surface area (Å²) in [4.78, 5) is 0. The van der Waals surface area contributed by atoms with Crippen LogP contribution < -0.4 is 0 Å². The van der Waals surface area contributed by atoms with E-state index < -0.39 is 28.9 Å². The van der Waals surface area contributed by atoms with Gasteiger partial charge in [-0.05, 0) is 82.9 Å². The molecule has 8 heteroatoms. The van der Waals surface area contributed by atoms with Crippen LogP contribution >= 0.6 is 0 Å². The van der Waals surface area contributed by atoms with Crippen LogP contribution in [0.1, 0.15) is 33.4 Å². The summed E-state index contributed by atoms with van der Waals surface area (Å²) in [6.07, 6.45) is -9.01. The van der Waals surface area contributed by atoms with E-state index in [1.165, 1.54) is 12.1 Å². The molecule has 0 bridgehead atoms. The molecule has 0 unspecified atom stereocenters. The predicted molar refractivity (Wildman–Crippen MR) is 223 cm³/mol. The summed E-state index contributed by atoms with van der Waals surface area (Å²) in [5.41, 5.74) is 5.34. The first-order valence-electron chi connectivity index (χ1n) is 19.1. The molecule has 0 spiro atoms. The Morgan fingerprint density at radius 1 is 0.271 bits per heavy atom. The van der Waals surface area contributed by atoms with Gasteiger partial charge in [0.15, 0.2) is 0 Å². The maximum Gasteiger partial charge on any atom is 0.416 e. The van der Waals surface area contributed by atoms with Gasteiger partial charge in [0.1, 0.15) is 0 Å². The van der Waals surface area contributed by atoms with Crippen molar-refractivity contribution in [3.63, 3.8) is 0 Å². The van der Waals surface area contributed by atoms with Gasteiger partial charge in [-0.25, -0.2) is 0 Å². The van der Waals surface area contributed by atoms with Gasteiger partial charge < -0.3 is 9.13 Å². The lowest BCUT2D eigenvalue weighted by molar-refractivity contribution is -0.138. The molecule has 0 aliphatic carbocycles. The summed E-state index contributed by atoms with van der Waals surface area (Å²) in [6.45, 7) is 0.